The van der Waals surface area contributed by atoms with Gasteiger partial charge < -0.3 is 5.32 Å². The fourth-order valence-corrected chi connectivity index (χ4v) is 4.22. The van der Waals surface area contributed by atoms with Crippen LogP contribution in [0.4, 0.5) is 0 Å². The van der Waals surface area contributed by atoms with E-state index in [1.807, 2.05) is 11.8 Å². The maximum atomic E-state index is 4.66. The van der Waals surface area contributed by atoms with Crippen LogP contribution in [0.25, 0.3) is 0 Å². The fourth-order valence-electron chi connectivity index (χ4n) is 2.83. The largest absolute Gasteiger partial charge is 0.360 e. The maximum absolute atomic E-state index is 4.66. The molecular formula is C14H26N2S. The molecule has 0 aromatic carbocycles. The van der Waals surface area contributed by atoms with Gasteiger partial charge in [-0.05, 0) is 44.4 Å². The summed E-state index contributed by atoms with van der Waals surface area (Å²) < 4.78 is 0. The van der Waals surface area contributed by atoms with Gasteiger partial charge in [-0.2, -0.15) is 0 Å². The molecule has 1 saturated carbocycles. The van der Waals surface area contributed by atoms with Crippen molar-refractivity contribution < 1.29 is 0 Å². The average molecular weight is 254 g/mol. The quantitative estimate of drug-likeness (QED) is 0.831. The van der Waals surface area contributed by atoms with Crippen LogP contribution in [-0.4, -0.2) is 22.5 Å². The van der Waals surface area contributed by atoms with Crippen molar-refractivity contribution in [3.8, 4) is 0 Å². The third-order valence-electron chi connectivity index (χ3n) is 3.24. The maximum Gasteiger partial charge on any atom is 0.157 e. The molecule has 1 N–H and O–H groups in total. The molecule has 2 aliphatic rings. The molecule has 1 unspecified atom stereocenters. The molecule has 1 heterocycles. The highest BCUT2D eigenvalue weighted by atomic mass is 32.2. The summed E-state index contributed by atoms with van der Waals surface area (Å²) in [6.45, 7) is 12.5. The minimum Gasteiger partial charge on any atom is -0.360 e. The first-order valence-electron chi connectivity index (χ1n) is 6.74. The molecule has 0 saturated heterocycles. The predicted octanol–water partition coefficient (Wildman–Crippen LogP) is 3.67. The van der Waals surface area contributed by atoms with Gasteiger partial charge in [0.05, 0.1) is 6.54 Å². The molecule has 0 amide bonds. The van der Waals surface area contributed by atoms with Crippen LogP contribution in [0.5, 0.6) is 0 Å². The van der Waals surface area contributed by atoms with Crippen LogP contribution in [0.1, 0.15) is 53.9 Å². The van der Waals surface area contributed by atoms with Gasteiger partial charge >= 0.3 is 0 Å². The van der Waals surface area contributed by atoms with Gasteiger partial charge in [0.2, 0.25) is 0 Å². The number of nitrogens with zero attached hydrogens (tertiary/aromatic N) is 1. The Labute approximate surface area is 110 Å². The summed E-state index contributed by atoms with van der Waals surface area (Å²) in [5.74, 6) is 0.953. The lowest BCUT2D eigenvalue weighted by Crippen LogP contribution is -2.44. The van der Waals surface area contributed by atoms with Crippen LogP contribution in [-0.2, 0) is 0 Å². The molecule has 0 radical (unpaired) electrons. The molecular weight excluding hydrogens is 228 g/mol. The zero-order chi connectivity index (χ0) is 12.7. The van der Waals surface area contributed by atoms with Crippen molar-refractivity contribution in [2.24, 2.45) is 16.3 Å². The molecule has 0 spiro atoms. The summed E-state index contributed by atoms with van der Waals surface area (Å²) in [4.78, 5) is 4.66. The van der Waals surface area contributed by atoms with Crippen molar-refractivity contribution in [3.63, 3.8) is 0 Å². The van der Waals surface area contributed by atoms with Gasteiger partial charge in [0.25, 0.3) is 0 Å². The smallest absolute Gasteiger partial charge is 0.157 e. The molecule has 1 fully saturated rings. The third kappa shape index (κ3) is 4.20. The van der Waals surface area contributed by atoms with Crippen molar-refractivity contribution >= 4 is 16.9 Å². The average Bonchev–Trinajstić information content (AvgIpc) is 2.84. The molecule has 0 bridgehead atoms. The van der Waals surface area contributed by atoms with Crippen molar-refractivity contribution in [2.75, 3.05) is 6.54 Å². The number of hydrogen-bond acceptors (Lipinski definition) is 3. The van der Waals surface area contributed by atoms with Crippen LogP contribution < -0.4 is 5.32 Å². The van der Waals surface area contributed by atoms with Gasteiger partial charge in [-0.1, -0.05) is 32.5 Å². The van der Waals surface area contributed by atoms with Crippen molar-refractivity contribution in [2.45, 2.75) is 64.7 Å². The summed E-state index contributed by atoms with van der Waals surface area (Å²) in [6, 6.07) is 0. The normalized spacial score (nSPS) is 25.9. The van der Waals surface area contributed by atoms with Crippen molar-refractivity contribution in [3.05, 3.63) is 0 Å². The predicted molar refractivity (Wildman–Crippen MR) is 77.7 cm³/mol. The number of hydrogen-bond donors (Lipinski definition) is 1. The van der Waals surface area contributed by atoms with E-state index in [1.54, 1.807) is 0 Å². The fraction of sp³-hybridized carbons (Fsp3) is 0.929. The Kier molecular flexibility index (Phi) is 3.50. The first kappa shape index (κ1) is 13.3. The van der Waals surface area contributed by atoms with Crippen molar-refractivity contribution in [1.82, 2.24) is 5.32 Å². The Bertz CT molecular complexity index is 311. The van der Waals surface area contributed by atoms with Gasteiger partial charge in [0, 0.05) is 10.8 Å². The second-order valence-electron chi connectivity index (χ2n) is 7.39. The first-order chi connectivity index (χ1) is 7.75. The van der Waals surface area contributed by atoms with Crippen LogP contribution in [0.15, 0.2) is 4.99 Å². The van der Waals surface area contributed by atoms with Gasteiger partial charge in [-0.3, -0.25) is 4.99 Å². The van der Waals surface area contributed by atoms with E-state index in [0.717, 1.165) is 24.1 Å². The molecule has 2 rings (SSSR count). The number of aliphatic imine (C=N–C) groups is 1. The van der Waals surface area contributed by atoms with Crippen LogP contribution in [0.3, 0.4) is 0 Å². The lowest BCUT2D eigenvalue weighted by molar-refractivity contribution is 0.268. The molecule has 1 aliphatic heterocycles. The zero-order valence-electron chi connectivity index (χ0n) is 11.8. The van der Waals surface area contributed by atoms with Gasteiger partial charge in [-0.15, -0.1) is 0 Å². The summed E-state index contributed by atoms with van der Waals surface area (Å²) >= 11 is 1.97. The molecule has 0 aromatic heterocycles. The van der Waals surface area contributed by atoms with E-state index in [4.69, 9.17) is 0 Å². The number of rotatable bonds is 3. The van der Waals surface area contributed by atoms with E-state index in [0.29, 0.717) is 5.41 Å². The van der Waals surface area contributed by atoms with E-state index >= 15 is 0 Å². The Balaban J connectivity index is 1.84. The number of thioether (sulfide) groups is 1. The first-order valence-corrected chi connectivity index (χ1v) is 7.62. The lowest BCUT2D eigenvalue weighted by atomic mass is 9.82. The third-order valence-corrected chi connectivity index (χ3v) is 4.53. The Morgan fingerprint density at radius 1 is 1.24 bits per heavy atom. The molecule has 17 heavy (non-hydrogen) atoms. The van der Waals surface area contributed by atoms with E-state index < -0.39 is 0 Å². The minimum atomic E-state index is 0.141. The highest BCUT2D eigenvalue weighted by Crippen LogP contribution is 2.42. The monoisotopic (exact) mass is 254 g/mol. The highest BCUT2D eigenvalue weighted by Gasteiger charge is 2.36. The molecule has 3 heteroatoms. The zero-order valence-corrected chi connectivity index (χ0v) is 12.7. The second kappa shape index (κ2) is 4.49. The Morgan fingerprint density at radius 2 is 1.88 bits per heavy atom. The molecule has 1 aliphatic carbocycles. The number of nitrogens with one attached hydrogen (secondary N) is 1. The van der Waals surface area contributed by atoms with E-state index in [1.165, 1.54) is 18.0 Å². The van der Waals surface area contributed by atoms with Crippen molar-refractivity contribution in [1.29, 1.82) is 0 Å². The molecule has 0 aromatic rings. The summed E-state index contributed by atoms with van der Waals surface area (Å²) in [7, 11) is 0. The topological polar surface area (TPSA) is 24.4 Å². The van der Waals surface area contributed by atoms with Crippen LogP contribution in [0, 0.1) is 11.3 Å². The Morgan fingerprint density at radius 3 is 2.41 bits per heavy atom. The Hall–Kier alpha value is -0.180. The highest BCUT2D eigenvalue weighted by molar-refractivity contribution is 8.14. The van der Waals surface area contributed by atoms with E-state index in [2.05, 4.69) is 44.9 Å². The molecule has 1 atom stereocenters. The second-order valence-corrected chi connectivity index (χ2v) is 8.61. The molecule has 2 nitrogen and oxygen atoms in total. The summed E-state index contributed by atoms with van der Waals surface area (Å²) in [6.07, 6.45) is 4.01. The van der Waals surface area contributed by atoms with Crippen LogP contribution >= 0.6 is 11.8 Å². The van der Waals surface area contributed by atoms with Gasteiger partial charge in [0.15, 0.2) is 5.17 Å². The lowest BCUT2D eigenvalue weighted by Gasteiger charge is -2.34. The minimum absolute atomic E-state index is 0.141. The SMILES string of the molecule is CC(C)(C)CC(C)(C)NC1=NCC(C2CC2)S1. The standard InChI is InChI=1S/C14H26N2S/c1-13(2,3)9-14(4,5)16-12-15-8-11(17-12)10-6-7-10/h10-11H,6-9H2,1-5H3,(H,15,16). The molecule has 98 valence electrons. The number of amidine groups is 1. The van der Waals surface area contributed by atoms with Gasteiger partial charge in [0.1, 0.15) is 0 Å². The summed E-state index contributed by atoms with van der Waals surface area (Å²) in [5.41, 5.74) is 0.499. The van der Waals surface area contributed by atoms with Crippen LogP contribution in [0.2, 0.25) is 0 Å². The van der Waals surface area contributed by atoms with E-state index in [9.17, 15) is 0 Å². The van der Waals surface area contributed by atoms with E-state index in [-0.39, 0.29) is 5.54 Å². The van der Waals surface area contributed by atoms with Gasteiger partial charge in [-0.25, -0.2) is 0 Å². The summed E-state index contributed by atoms with van der Waals surface area (Å²) in [5, 5.41) is 5.58.